The van der Waals surface area contributed by atoms with Gasteiger partial charge in [0.1, 0.15) is 13.2 Å². The Labute approximate surface area is 482 Å². The molecule has 1 atom stereocenters. The highest BCUT2D eigenvalue weighted by atomic mass is 16.6. The molecule has 0 aromatic carbocycles. The molecule has 0 saturated heterocycles. The van der Waals surface area contributed by atoms with Crippen molar-refractivity contribution < 1.29 is 28.6 Å². The quantitative estimate of drug-likeness (QED) is 0.0261. The van der Waals surface area contributed by atoms with Crippen LogP contribution in [0.4, 0.5) is 0 Å². The monoisotopic (exact) mass is 1080 g/mol. The van der Waals surface area contributed by atoms with Gasteiger partial charge < -0.3 is 14.2 Å². The van der Waals surface area contributed by atoms with Crippen molar-refractivity contribution in [1.82, 2.24) is 0 Å². The number of esters is 3. The Kier molecular flexibility index (Phi) is 61.8. The molecule has 444 valence electrons. The third-order valence-electron chi connectivity index (χ3n) is 13.7. The van der Waals surface area contributed by atoms with Crippen molar-refractivity contribution in [3.05, 3.63) is 122 Å². The van der Waals surface area contributed by atoms with Crippen LogP contribution in [0.25, 0.3) is 0 Å². The average Bonchev–Trinajstić information content (AvgIpc) is 3.44. The highest BCUT2D eigenvalue weighted by Crippen LogP contribution is 2.17. The van der Waals surface area contributed by atoms with Crippen LogP contribution in [0.15, 0.2) is 122 Å². The molecule has 0 aliphatic heterocycles. The number of hydrogen-bond acceptors (Lipinski definition) is 6. The molecule has 0 bridgehead atoms. The Hall–Kier alpha value is -4.19. The summed E-state index contributed by atoms with van der Waals surface area (Å²) in [4.78, 5) is 38.4. The van der Waals surface area contributed by atoms with E-state index < -0.39 is 6.10 Å². The highest BCUT2D eigenvalue weighted by Gasteiger charge is 2.19. The first-order chi connectivity index (χ1) is 38.5. The number of rotatable bonds is 58. The molecule has 0 saturated carbocycles. The van der Waals surface area contributed by atoms with Gasteiger partial charge in [-0.3, -0.25) is 14.4 Å². The first-order valence-electron chi connectivity index (χ1n) is 32.5. The van der Waals surface area contributed by atoms with Gasteiger partial charge >= 0.3 is 17.9 Å². The van der Waals surface area contributed by atoms with Crippen LogP contribution < -0.4 is 0 Å². The van der Waals surface area contributed by atoms with Crippen LogP contribution >= 0.6 is 0 Å². The molecule has 0 fully saturated rings. The summed E-state index contributed by atoms with van der Waals surface area (Å²) in [7, 11) is 0. The van der Waals surface area contributed by atoms with E-state index in [1.165, 1.54) is 135 Å². The average molecular weight is 1080 g/mol. The van der Waals surface area contributed by atoms with Crippen LogP contribution in [-0.4, -0.2) is 37.2 Å². The van der Waals surface area contributed by atoms with Gasteiger partial charge in [-0.1, -0.05) is 296 Å². The molecule has 0 amide bonds. The summed E-state index contributed by atoms with van der Waals surface area (Å²) in [5, 5.41) is 0. The lowest BCUT2D eigenvalue weighted by atomic mass is 10.0. The molecule has 0 aromatic heterocycles. The molecule has 0 rings (SSSR count). The predicted octanol–water partition coefficient (Wildman–Crippen LogP) is 22.4. The van der Waals surface area contributed by atoms with Gasteiger partial charge in [-0.25, -0.2) is 0 Å². The number of ether oxygens (including phenoxy) is 3. The van der Waals surface area contributed by atoms with E-state index in [4.69, 9.17) is 14.2 Å². The van der Waals surface area contributed by atoms with Gasteiger partial charge in [0, 0.05) is 19.3 Å². The van der Waals surface area contributed by atoms with E-state index in [9.17, 15) is 14.4 Å². The third-order valence-corrected chi connectivity index (χ3v) is 13.7. The molecule has 78 heavy (non-hydrogen) atoms. The molecule has 0 aromatic rings. The van der Waals surface area contributed by atoms with Crippen LogP contribution in [0, 0.1) is 0 Å². The van der Waals surface area contributed by atoms with Crippen LogP contribution in [0.3, 0.4) is 0 Å². The minimum Gasteiger partial charge on any atom is -0.462 e. The molecule has 0 aliphatic carbocycles. The zero-order valence-electron chi connectivity index (χ0n) is 50.9. The van der Waals surface area contributed by atoms with E-state index in [2.05, 4.69) is 142 Å². The van der Waals surface area contributed by atoms with Crippen LogP contribution in [0.5, 0.6) is 0 Å². The second kappa shape index (κ2) is 65.3. The summed E-state index contributed by atoms with van der Waals surface area (Å²) in [5.74, 6) is -0.964. The Morgan fingerprint density at radius 1 is 0.269 bits per heavy atom. The smallest absolute Gasteiger partial charge is 0.306 e. The summed E-state index contributed by atoms with van der Waals surface area (Å²) in [6, 6.07) is 0. The van der Waals surface area contributed by atoms with E-state index >= 15 is 0 Å². The van der Waals surface area contributed by atoms with Gasteiger partial charge in [0.05, 0.1) is 0 Å². The van der Waals surface area contributed by atoms with E-state index in [-0.39, 0.29) is 37.5 Å². The highest BCUT2D eigenvalue weighted by molar-refractivity contribution is 5.71. The number of allylic oxidation sites excluding steroid dienone is 20. The molecule has 0 aliphatic rings. The van der Waals surface area contributed by atoms with Crippen molar-refractivity contribution in [3.63, 3.8) is 0 Å². The fourth-order valence-electron chi connectivity index (χ4n) is 8.92. The number of unbranched alkanes of at least 4 members (excludes halogenated alkanes) is 27. The van der Waals surface area contributed by atoms with Crippen molar-refractivity contribution >= 4 is 17.9 Å². The summed E-state index contributed by atoms with van der Waals surface area (Å²) < 4.78 is 16.9. The number of carbonyl (C=O) groups excluding carboxylic acids is 3. The van der Waals surface area contributed by atoms with Gasteiger partial charge in [0.25, 0.3) is 0 Å². The predicted molar refractivity (Wildman–Crippen MR) is 339 cm³/mol. The fraction of sp³-hybridized carbons (Fsp3) is 0.681. The number of hydrogen-bond donors (Lipinski definition) is 0. The van der Waals surface area contributed by atoms with Crippen molar-refractivity contribution in [2.75, 3.05) is 13.2 Å². The van der Waals surface area contributed by atoms with E-state index in [1.54, 1.807) is 0 Å². The minimum absolute atomic E-state index is 0.102. The van der Waals surface area contributed by atoms with Gasteiger partial charge in [-0.05, 0) is 103 Å². The lowest BCUT2D eigenvalue weighted by Gasteiger charge is -2.18. The molecular formula is C72H120O6. The fourth-order valence-corrected chi connectivity index (χ4v) is 8.92. The molecule has 0 spiro atoms. The second-order valence-electron chi connectivity index (χ2n) is 21.3. The van der Waals surface area contributed by atoms with Gasteiger partial charge in [-0.2, -0.15) is 0 Å². The summed E-state index contributed by atoms with van der Waals surface area (Å²) in [6.07, 6.45) is 90.7. The van der Waals surface area contributed by atoms with Crippen LogP contribution in [-0.2, 0) is 28.6 Å². The lowest BCUT2D eigenvalue weighted by molar-refractivity contribution is -0.167. The van der Waals surface area contributed by atoms with Gasteiger partial charge in [0.15, 0.2) is 6.10 Å². The number of carbonyl (C=O) groups is 3. The molecule has 0 heterocycles. The van der Waals surface area contributed by atoms with Crippen LogP contribution in [0.1, 0.15) is 297 Å². The van der Waals surface area contributed by atoms with Crippen molar-refractivity contribution in [2.24, 2.45) is 0 Å². The standard InChI is InChI=1S/C72H120O6/c1-4-7-10-13-16-19-22-25-28-31-33-35-36-37-39-41-44-47-50-53-56-59-62-65-71(74)77-68-69(67-76-70(73)64-61-58-55-52-49-46-43-40-30-27-24-21-18-15-12-9-6-3)78-72(75)66-63-60-57-54-51-48-45-42-38-34-32-29-26-23-20-17-14-11-8-5-2/h7,9-10,12,16,18-19,21,25,27-28,30,33,35,37,39,44,47,53,56,69H,4-6,8,11,13-15,17,20,22-24,26,29,31-32,34,36,38,40-43,45-46,48-52,54-55,57-68H2,1-3H3/b10-7-,12-9-,19-16-,21-18-,28-25-,30-27-,35-33-,39-37-,47-44-,56-53-. The van der Waals surface area contributed by atoms with Crippen molar-refractivity contribution in [3.8, 4) is 0 Å². The molecule has 0 N–H and O–H groups in total. The Morgan fingerprint density at radius 3 is 0.833 bits per heavy atom. The van der Waals surface area contributed by atoms with Crippen molar-refractivity contribution in [2.45, 2.75) is 303 Å². The summed E-state index contributed by atoms with van der Waals surface area (Å²) in [5.41, 5.74) is 0. The van der Waals surface area contributed by atoms with Gasteiger partial charge in [-0.15, -0.1) is 0 Å². The summed E-state index contributed by atoms with van der Waals surface area (Å²) >= 11 is 0. The maximum absolute atomic E-state index is 12.9. The van der Waals surface area contributed by atoms with Crippen molar-refractivity contribution in [1.29, 1.82) is 0 Å². The maximum atomic E-state index is 12.9. The lowest BCUT2D eigenvalue weighted by Crippen LogP contribution is -2.30. The normalized spacial score (nSPS) is 12.9. The maximum Gasteiger partial charge on any atom is 0.306 e. The Bertz CT molecular complexity index is 1620. The SMILES string of the molecule is CC/C=C\C/C=C\C/C=C\C/C=C\C/C=C\C/C=C\C/C=C\CCCC(=O)OCC(COC(=O)CCCCCCCCC/C=C\C/C=C\C/C=C\CC)OC(=O)CCCCCCCCCCCCCCCCCCCCCC. The van der Waals surface area contributed by atoms with Crippen LogP contribution in [0.2, 0.25) is 0 Å². The summed E-state index contributed by atoms with van der Waals surface area (Å²) in [6.45, 7) is 6.39. The van der Waals surface area contributed by atoms with E-state index in [1.807, 2.05) is 0 Å². The first-order valence-corrected chi connectivity index (χ1v) is 32.5. The largest absolute Gasteiger partial charge is 0.462 e. The zero-order chi connectivity index (χ0) is 56.4. The molecule has 6 heteroatoms. The minimum atomic E-state index is -0.809. The molecule has 1 unspecified atom stereocenters. The van der Waals surface area contributed by atoms with E-state index in [0.717, 1.165) is 116 Å². The first kappa shape index (κ1) is 73.8. The molecular weight excluding hydrogens is 961 g/mol. The topological polar surface area (TPSA) is 78.9 Å². The second-order valence-corrected chi connectivity index (χ2v) is 21.3. The Morgan fingerprint density at radius 2 is 0.513 bits per heavy atom. The van der Waals surface area contributed by atoms with Gasteiger partial charge in [0.2, 0.25) is 0 Å². The third kappa shape index (κ3) is 62.7. The molecule has 0 radical (unpaired) electrons. The van der Waals surface area contributed by atoms with E-state index in [0.29, 0.717) is 19.3 Å². The molecule has 6 nitrogen and oxygen atoms in total. The zero-order valence-corrected chi connectivity index (χ0v) is 50.9. The Balaban J connectivity index is 4.48.